The number of hydrogen-bond donors (Lipinski definition) is 0. The summed E-state index contributed by atoms with van der Waals surface area (Å²) in [6.45, 7) is 11.5. The highest BCUT2D eigenvalue weighted by atomic mass is 16.5. The van der Waals surface area contributed by atoms with Gasteiger partial charge in [-0.2, -0.15) is 0 Å². The quantitative estimate of drug-likeness (QED) is 0.652. The number of ether oxygens (including phenoxy) is 1. The molecular formula is C13H25NO2. The van der Waals surface area contributed by atoms with Crippen LogP contribution >= 0.6 is 0 Å². The first-order valence-corrected chi connectivity index (χ1v) is 6.49. The molecular weight excluding hydrogens is 202 g/mol. The van der Waals surface area contributed by atoms with E-state index in [2.05, 4.69) is 18.7 Å². The Morgan fingerprint density at radius 1 is 1.31 bits per heavy atom. The molecule has 0 unspecified atom stereocenters. The normalized spacial score (nSPS) is 17.9. The van der Waals surface area contributed by atoms with Gasteiger partial charge in [-0.3, -0.25) is 9.69 Å². The van der Waals surface area contributed by atoms with Crippen molar-refractivity contribution in [2.75, 3.05) is 19.6 Å². The lowest BCUT2D eigenvalue weighted by Crippen LogP contribution is -2.54. The van der Waals surface area contributed by atoms with Crippen molar-refractivity contribution in [1.82, 2.24) is 4.90 Å². The maximum atomic E-state index is 11.7. The predicted molar refractivity (Wildman–Crippen MR) is 65.2 cm³/mol. The standard InChI is InChI=1S/C13H25NO2/c1-5-11(6-2)13(15)16-12-8-14(9-12)7-10(3)4/h10-12H,5-9H2,1-4H3. The summed E-state index contributed by atoms with van der Waals surface area (Å²) in [7, 11) is 0. The summed E-state index contributed by atoms with van der Waals surface area (Å²) in [6, 6.07) is 0. The minimum Gasteiger partial charge on any atom is -0.459 e. The second-order valence-corrected chi connectivity index (χ2v) is 5.18. The van der Waals surface area contributed by atoms with Crippen molar-refractivity contribution in [2.24, 2.45) is 11.8 Å². The van der Waals surface area contributed by atoms with Crippen LogP contribution in [0.1, 0.15) is 40.5 Å². The van der Waals surface area contributed by atoms with Crippen molar-refractivity contribution in [2.45, 2.75) is 46.6 Å². The Morgan fingerprint density at radius 2 is 1.88 bits per heavy atom. The van der Waals surface area contributed by atoms with Crippen LogP contribution in [-0.4, -0.2) is 36.6 Å². The molecule has 0 aliphatic carbocycles. The van der Waals surface area contributed by atoms with Gasteiger partial charge in [0.15, 0.2) is 0 Å². The Morgan fingerprint density at radius 3 is 2.31 bits per heavy atom. The lowest BCUT2D eigenvalue weighted by atomic mass is 10.0. The molecule has 1 fully saturated rings. The summed E-state index contributed by atoms with van der Waals surface area (Å²) < 4.78 is 5.46. The third-order valence-electron chi connectivity index (χ3n) is 3.15. The molecule has 0 saturated carbocycles. The lowest BCUT2D eigenvalue weighted by molar-refractivity contribution is -0.163. The van der Waals surface area contributed by atoms with E-state index in [1.807, 2.05) is 13.8 Å². The van der Waals surface area contributed by atoms with Gasteiger partial charge in [-0.1, -0.05) is 27.7 Å². The molecule has 0 spiro atoms. The molecule has 3 nitrogen and oxygen atoms in total. The molecule has 0 atom stereocenters. The summed E-state index contributed by atoms with van der Waals surface area (Å²) >= 11 is 0. The molecule has 1 aliphatic rings. The number of carbonyl (C=O) groups excluding carboxylic acids is 1. The molecule has 1 saturated heterocycles. The monoisotopic (exact) mass is 227 g/mol. The average molecular weight is 227 g/mol. The van der Waals surface area contributed by atoms with E-state index >= 15 is 0 Å². The van der Waals surface area contributed by atoms with Crippen molar-refractivity contribution < 1.29 is 9.53 Å². The van der Waals surface area contributed by atoms with Gasteiger partial charge in [0, 0.05) is 19.6 Å². The average Bonchev–Trinajstić information content (AvgIpc) is 2.15. The third kappa shape index (κ3) is 3.78. The van der Waals surface area contributed by atoms with Crippen molar-refractivity contribution in [1.29, 1.82) is 0 Å². The van der Waals surface area contributed by atoms with Crippen LogP contribution in [0.25, 0.3) is 0 Å². The van der Waals surface area contributed by atoms with Crippen molar-refractivity contribution in [3.8, 4) is 0 Å². The first-order valence-electron chi connectivity index (χ1n) is 6.49. The minimum absolute atomic E-state index is 0.000744. The van der Waals surface area contributed by atoms with Gasteiger partial charge in [-0.25, -0.2) is 0 Å². The highest BCUT2D eigenvalue weighted by molar-refractivity contribution is 5.72. The van der Waals surface area contributed by atoms with Crippen molar-refractivity contribution in [3.05, 3.63) is 0 Å². The molecule has 0 bridgehead atoms. The predicted octanol–water partition coefficient (Wildman–Crippen LogP) is 2.31. The van der Waals surface area contributed by atoms with Gasteiger partial charge in [0.05, 0.1) is 5.92 Å². The maximum absolute atomic E-state index is 11.7. The molecule has 1 heterocycles. The van der Waals surface area contributed by atoms with Crippen LogP contribution in [0.15, 0.2) is 0 Å². The summed E-state index contributed by atoms with van der Waals surface area (Å²) in [4.78, 5) is 14.0. The second-order valence-electron chi connectivity index (χ2n) is 5.18. The fourth-order valence-electron chi connectivity index (χ4n) is 2.14. The van der Waals surface area contributed by atoms with E-state index in [9.17, 15) is 4.79 Å². The molecule has 0 N–H and O–H groups in total. The summed E-state index contributed by atoms with van der Waals surface area (Å²) in [5, 5.41) is 0. The zero-order valence-electron chi connectivity index (χ0n) is 11.0. The van der Waals surface area contributed by atoms with Crippen LogP contribution < -0.4 is 0 Å². The second kappa shape index (κ2) is 6.24. The van der Waals surface area contributed by atoms with Gasteiger partial charge in [-0.15, -0.1) is 0 Å². The highest BCUT2D eigenvalue weighted by Crippen LogP contribution is 2.17. The molecule has 1 rings (SSSR count). The van der Waals surface area contributed by atoms with E-state index < -0.39 is 0 Å². The van der Waals surface area contributed by atoms with E-state index in [1.54, 1.807) is 0 Å². The van der Waals surface area contributed by atoms with E-state index in [-0.39, 0.29) is 18.0 Å². The van der Waals surface area contributed by atoms with E-state index in [1.165, 1.54) is 0 Å². The van der Waals surface area contributed by atoms with E-state index in [0.29, 0.717) is 5.92 Å². The maximum Gasteiger partial charge on any atom is 0.309 e. The molecule has 1 aliphatic heterocycles. The molecule has 0 aromatic carbocycles. The minimum atomic E-state index is -0.000744. The van der Waals surface area contributed by atoms with Crippen LogP contribution in [0.3, 0.4) is 0 Å². The van der Waals surface area contributed by atoms with Gasteiger partial charge >= 0.3 is 5.97 Å². The smallest absolute Gasteiger partial charge is 0.309 e. The van der Waals surface area contributed by atoms with Gasteiger partial charge in [0.25, 0.3) is 0 Å². The lowest BCUT2D eigenvalue weighted by Gasteiger charge is -2.39. The number of carbonyl (C=O) groups is 1. The van der Waals surface area contributed by atoms with Gasteiger partial charge in [0.2, 0.25) is 0 Å². The zero-order valence-corrected chi connectivity index (χ0v) is 11.0. The van der Waals surface area contributed by atoms with Crippen LogP contribution in [0, 0.1) is 11.8 Å². The Labute approximate surface area is 99.1 Å². The third-order valence-corrected chi connectivity index (χ3v) is 3.15. The molecule has 16 heavy (non-hydrogen) atoms. The molecule has 0 radical (unpaired) electrons. The Bertz CT molecular complexity index is 218. The van der Waals surface area contributed by atoms with Gasteiger partial charge in [0.1, 0.15) is 6.10 Å². The number of likely N-dealkylation sites (tertiary alicyclic amines) is 1. The molecule has 0 aromatic rings. The van der Waals surface area contributed by atoms with Gasteiger partial charge < -0.3 is 4.74 Å². The summed E-state index contributed by atoms with van der Waals surface area (Å²) in [5.74, 6) is 0.786. The summed E-state index contributed by atoms with van der Waals surface area (Å²) in [6.07, 6.45) is 1.92. The molecule has 0 aromatic heterocycles. The number of hydrogen-bond acceptors (Lipinski definition) is 3. The first-order chi connectivity index (χ1) is 7.56. The highest BCUT2D eigenvalue weighted by Gasteiger charge is 2.31. The Balaban J connectivity index is 2.19. The SMILES string of the molecule is CCC(CC)C(=O)OC1CN(CC(C)C)C1. The van der Waals surface area contributed by atoms with Crippen LogP contribution in [-0.2, 0) is 9.53 Å². The van der Waals surface area contributed by atoms with Crippen molar-refractivity contribution >= 4 is 5.97 Å². The Hall–Kier alpha value is -0.570. The zero-order chi connectivity index (χ0) is 12.1. The fraction of sp³-hybridized carbons (Fsp3) is 0.923. The number of nitrogens with zero attached hydrogens (tertiary/aromatic N) is 1. The first kappa shape index (κ1) is 13.5. The summed E-state index contributed by atoms with van der Waals surface area (Å²) in [5.41, 5.74) is 0. The van der Waals surface area contributed by atoms with Crippen LogP contribution in [0.2, 0.25) is 0 Å². The number of esters is 1. The van der Waals surface area contributed by atoms with Crippen LogP contribution in [0.4, 0.5) is 0 Å². The topological polar surface area (TPSA) is 29.5 Å². The molecule has 0 amide bonds. The Kier molecular flexibility index (Phi) is 5.26. The molecule has 3 heteroatoms. The molecule has 94 valence electrons. The van der Waals surface area contributed by atoms with E-state index in [0.717, 1.165) is 32.5 Å². The number of rotatable bonds is 6. The van der Waals surface area contributed by atoms with E-state index in [4.69, 9.17) is 4.74 Å². The largest absolute Gasteiger partial charge is 0.459 e. The van der Waals surface area contributed by atoms with Crippen molar-refractivity contribution in [3.63, 3.8) is 0 Å². The fourth-order valence-corrected chi connectivity index (χ4v) is 2.14. The van der Waals surface area contributed by atoms with Gasteiger partial charge in [-0.05, 0) is 18.8 Å². The van der Waals surface area contributed by atoms with Crippen LogP contribution in [0.5, 0.6) is 0 Å².